The van der Waals surface area contributed by atoms with E-state index in [1.807, 2.05) is 48.5 Å². The van der Waals surface area contributed by atoms with Crippen molar-refractivity contribution in [2.45, 2.75) is 65.2 Å². The van der Waals surface area contributed by atoms with Gasteiger partial charge in [0.1, 0.15) is 5.82 Å². The van der Waals surface area contributed by atoms with Crippen molar-refractivity contribution in [3.05, 3.63) is 29.6 Å². The molecule has 1 N–H and O–H groups in total. The van der Waals surface area contributed by atoms with Gasteiger partial charge in [-0.05, 0) is 72.1 Å². The molecule has 0 spiro atoms. The molecule has 1 aliphatic heterocycles. The summed E-state index contributed by atoms with van der Waals surface area (Å²) in [5, 5.41) is 2.89. The van der Waals surface area contributed by atoms with Gasteiger partial charge in [0.25, 0.3) is 5.91 Å². The van der Waals surface area contributed by atoms with E-state index in [0.717, 1.165) is 0 Å². The van der Waals surface area contributed by atoms with Crippen LogP contribution in [0.5, 0.6) is 0 Å². The molecule has 23 heavy (non-hydrogen) atoms. The van der Waals surface area contributed by atoms with Gasteiger partial charge in [0.2, 0.25) is 0 Å². The molecule has 1 saturated heterocycles. The van der Waals surface area contributed by atoms with Crippen LogP contribution in [-0.2, 0) is 9.31 Å². The Morgan fingerprint density at radius 2 is 1.65 bits per heavy atom. The Morgan fingerprint density at radius 1 is 1.13 bits per heavy atom. The zero-order chi connectivity index (χ0) is 17.6. The van der Waals surface area contributed by atoms with Crippen LogP contribution in [0.1, 0.15) is 58.8 Å². The Hall–Kier alpha value is -1.40. The number of benzene rings is 1. The smallest absolute Gasteiger partial charge is 0.399 e. The number of amides is 1. The highest BCUT2D eigenvalue weighted by atomic mass is 19.1. The molecule has 0 saturated carbocycles. The monoisotopic (exact) mass is 321 g/mol. The maximum Gasteiger partial charge on any atom is 0.495 e. The quantitative estimate of drug-likeness (QED) is 0.852. The van der Waals surface area contributed by atoms with Gasteiger partial charge < -0.3 is 14.6 Å². The van der Waals surface area contributed by atoms with Gasteiger partial charge >= 0.3 is 7.12 Å². The molecule has 0 atom stereocenters. The Bertz CT molecular complexity index is 607. The van der Waals surface area contributed by atoms with Crippen LogP contribution >= 0.6 is 0 Å². The van der Waals surface area contributed by atoms with Gasteiger partial charge in [0, 0.05) is 11.1 Å². The SMILES string of the molecule is CC(C)(C)NC(=O)c1ccc(F)cc1B1OC(C)(C)C(C)(C)O1. The summed E-state index contributed by atoms with van der Waals surface area (Å²) in [4.78, 5) is 12.5. The molecular formula is C17H25BFNO3. The average Bonchev–Trinajstić information content (AvgIpc) is 2.56. The molecule has 1 fully saturated rings. The third kappa shape index (κ3) is 3.75. The van der Waals surface area contributed by atoms with E-state index in [2.05, 4.69) is 5.32 Å². The number of halogens is 1. The second-order valence-corrected chi connectivity index (χ2v) is 8.02. The molecule has 0 aliphatic carbocycles. The van der Waals surface area contributed by atoms with Crippen LogP contribution < -0.4 is 10.8 Å². The van der Waals surface area contributed by atoms with Crippen molar-refractivity contribution in [2.75, 3.05) is 0 Å². The maximum atomic E-state index is 13.7. The Labute approximate surface area is 137 Å². The van der Waals surface area contributed by atoms with Crippen LogP contribution in [0.15, 0.2) is 18.2 Å². The summed E-state index contributed by atoms with van der Waals surface area (Å²) in [6.45, 7) is 13.3. The Kier molecular flexibility index (Phi) is 4.37. The molecule has 1 aromatic rings. The van der Waals surface area contributed by atoms with Crippen LogP contribution in [0.3, 0.4) is 0 Å². The summed E-state index contributed by atoms with van der Waals surface area (Å²) in [6.07, 6.45) is 0. The molecule has 0 bridgehead atoms. The lowest BCUT2D eigenvalue weighted by molar-refractivity contribution is 0.00578. The summed E-state index contributed by atoms with van der Waals surface area (Å²) in [5.41, 5.74) is -0.729. The van der Waals surface area contributed by atoms with Gasteiger partial charge in [-0.3, -0.25) is 4.79 Å². The van der Waals surface area contributed by atoms with E-state index in [1.54, 1.807) is 0 Å². The molecule has 1 aromatic carbocycles. The van der Waals surface area contributed by atoms with Crippen molar-refractivity contribution >= 4 is 18.5 Å². The molecule has 126 valence electrons. The number of carbonyl (C=O) groups excluding carboxylic acids is 1. The van der Waals surface area contributed by atoms with Gasteiger partial charge in [-0.15, -0.1) is 0 Å². The van der Waals surface area contributed by atoms with Crippen LogP contribution in [0.25, 0.3) is 0 Å². The third-order valence-electron chi connectivity index (χ3n) is 4.25. The van der Waals surface area contributed by atoms with E-state index in [1.165, 1.54) is 18.2 Å². The van der Waals surface area contributed by atoms with E-state index in [-0.39, 0.29) is 5.91 Å². The van der Waals surface area contributed by atoms with Gasteiger partial charge in [-0.25, -0.2) is 4.39 Å². The van der Waals surface area contributed by atoms with Crippen molar-refractivity contribution in [1.29, 1.82) is 0 Å². The summed E-state index contributed by atoms with van der Waals surface area (Å²) >= 11 is 0. The first-order valence-corrected chi connectivity index (χ1v) is 7.80. The lowest BCUT2D eigenvalue weighted by Gasteiger charge is -2.32. The van der Waals surface area contributed by atoms with Crippen molar-refractivity contribution in [3.63, 3.8) is 0 Å². The van der Waals surface area contributed by atoms with E-state index < -0.39 is 29.7 Å². The predicted molar refractivity (Wildman–Crippen MR) is 89.3 cm³/mol. The highest BCUT2D eigenvalue weighted by Crippen LogP contribution is 2.36. The van der Waals surface area contributed by atoms with E-state index in [0.29, 0.717) is 11.0 Å². The molecule has 6 heteroatoms. The lowest BCUT2D eigenvalue weighted by atomic mass is 9.75. The van der Waals surface area contributed by atoms with Crippen LogP contribution in [-0.4, -0.2) is 29.8 Å². The first-order chi connectivity index (χ1) is 10.3. The molecular weight excluding hydrogens is 296 g/mol. The highest BCUT2D eigenvalue weighted by Gasteiger charge is 2.52. The largest absolute Gasteiger partial charge is 0.495 e. The number of hydrogen-bond acceptors (Lipinski definition) is 3. The Balaban J connectivity index is 2.40. The number of rotatable bonds is 2. The number of hydrogen-bond donors (Lipinski definition) is 1. The average molecular weight is 321 g/mol. The number of nitrogens with one attached hydrogen (secondary N) is 1. The molecule has 1 aliphatic rings. The van der Waals surface area contributed by atoms with Crippen molar-refractivity contribution < 1.29 is 18.5 Å². The minimum Gasteiger partial charge on any atom is -0.399 e. The summed E-state index contributed by atoms with van der Waals surface area (Å²) < 4.78 is 25.7. The fraction of sp³-hybridized carbons (Fsp3) is 0.588. The van der Waals surface area contributed by atoms with E-state index >= 15 is 0 Å². The van der Waals surface area contributed by atoms with Crippen molar-refractivity contribution in [3.8, 4) is 0 Å². The van der Waals surface area contributed by atoms with Gasteiger partial charge in [-0.2, -0.15) is 0 Å². The minimum atomic E-state index is -0.781. The normalized spacial score (nSPS) is 19.7. The summed E-state index contributed by atoms with van der Waals surface area (Å²) in [6, 6.07) is 4.04. The molecule has 0 aromatic heterocycles. The predicted octanol–water partition coefficient (Wildman–Crippen LogP) is 2.65. The second-order valence-electron chi connectivity index (χ2n) is 8.02. The minimum absolute atomic E-state index is 0.276. The molecule has 0 radical (unpaired) electrons. The molecule has 1 heterocycles. The van der Waals surface area contributed by atoms with Gasteiger partial charge in [0.15, 0.2) is 0 Å². The van der Waals surface area contributed by atoms with Crippen LogP contribution in [0.4, 0.5) is 4.39 Å². The topological polar surface area (TPSA) is 47.6 Å². The molecule has 0 unspecified atom stereocenters. The number of carbonyl (C=O) groups is 1. The van der Waals surface area contributed by atoms with Gasteiger partial charge in [0.05, 0.1) is 11.2 Å². The maximum absolute atomic E-state index is 13.7. The first-order valence-electron chi connectivity index (χ1n) is 7.80. The Morgan fingerprint density at radius 3 is 2.13 bits per heavy atom. The van der Waals surface area contributed by atoms with Crippen LogP contribution in [0.2, 0.25) is 0 Å². The molecule has 2 rings (SSSR count). The summed E-state index contributed by atoms with van der Waals surface area (Å²) in [7, 11) is -0.781. The zero-order valence-corrected chi connectivity index (χ0v) is 14.9. The standard InChI is InChI=1S/C17H25BFNO3/c1-15(2,3)20-14(21)12-9-8-11(19)10-13(12)18-22-16(4,5)17(6,7)23-18/h8-10H,1-7H3,(H,20,21). The lowest BCUT2D eigenvalue weighted by Crippen LogP contribution is -2.45. The fourth-order valence-corrected chi connectivity index (χ4v) is 2.31. The highest BCUT2D eigenvalue weighted by molar-refractivity contribution is 6.63. The summed E-state index contributed by atoms with van der Waals surface area (Å²) in [5.74, 6) is -0.704. The van der Waals surface area contributed by atoms with Gasteiger partial charge in [-0.1, -0.05) is 0 Å². The molecule has 1 amide bonds. The first kappa shape index (κ1) is 18.0. The van der Waals surface area contributed by atoms with Crippen molar-refractivity contribution in [2.24, 2.45) is 0 Å². The molecule has 4 nitrogen and oxygen atoms in total. The van der Waals surface area contributed by atoms with E-state index in [4.69, 9.17) is 9.31 Å². The van der Waals surface area contributed by atoms with Crippen molar-refractivity contribution in [1.82, 2.24) is 5.32 Å². The van der Waals surface area contributed by atoms with E-state index in [9.17, 15) is 9.18 Å². The second kappa shape index (κ2) is 5.60. The zero-order valence-electron chi connectivity index (χ0n) is 14.9. The third-order valence-corrected chi connectivity index (χ3v) is 4.25. The fourth-order valence-electron chi connectivity index (χ4n) is 2.31. The van der Waals surface area contributed by atoms with Crippen LogP contribution in [0, 0.1) is 5.82 Å².